The van der Waals surface area contributed by atoms with Crippen molar-refractivity contribution in [2.24, 2.45) is 0 Å². The van der Waals surface area contributed by atoms with Crippen molar-refractivity contribution in [1.82, 2.24) is 9.55 Å². The normalized spacial score (nSPS) is 27.1. The van der Waals surface area contributed by atoms with Crippen molar-refractivity contribution in [1.29, 1.82) is 0 Å². The lowest BCUT2D eigenvalue weighted by atomic mass is 10.0. The number of aldehydes is 1. The molecule has 1 fully saturated rings. The van der Waals surface area contributed by atoms with Gasteiger partial charge in [0.2, 0.25) is 0 Å². The van der Waals surface area contributed by atoms with E-state index in [4.69, 9.17) is 19.6 Å². The quantitative estimate of drug-likeness (QED) is 0.0780. The van der Waals surface area contributed by atoms with E-state index in [1.807, 2.05) is 4.98 Å². The number of aromatic amines is 1. The minimum Gasteiger partial charge on any atom is -0.479 e. The van der Waals surface area contributed by atoms with Gasteiger partial charge >= 0.3 is 27.3 Å². The molecule has 20 nitrogen and oxygen atoms in total. The Morgan fingerprint density at radius 3 is 2.30 bits per heavy atom. The molecule has 1 saturated heterocycles. The van der Waals surface area contributed by atoms with E-state index in [1.54, 1.807) is 0 Å². The van der Waals surface area contributed by atoms with Crippen LogP contribution < -0.4 is 11.2 Å². The average Bonchev–Trinajstić information content (AvgIpc) is 3.06. The van der Waals surface area contributed by atoms with Crippen molar-refractivity contribution in [3.05, 3.63) is 33.1 Å². The third-order valence-electron chi connectivity index (χ3n) is 4.75. The Morgan fingerprint density at radius 2 is 1.78 bits per heavy atom. The molecule has 0 bridgehead atoms. The Morgan fingerprint density at radius 1 is 1.16 bits per heavy atom. The van der Waals surface area contributed by atoms with E-state index >= 15 is 0 Å². The summed E-state index contributed by atoms with van der Waals surface area (Å²) in [5.41, 5.74) is -1.83. The van der Waals surface area contributed by atoms with E-state index in [0.29, 0.717) is 4.57 Å². The van der Waals surface area contributed by atoms with Gasteiger partial charge in [0.1, 0.15) is 30.5 Å². The molecule has 0 aromatic carbocycles. The summed E-state index contributed by atoms with van der Waals surface area (Å²) >= 11 is 0. The second-order valence-corrected chi connectivity index (χ2v) is 9.97. The van der Waals surface area contributed by atoms with Gasteiger partial charge in [0, 0.05) is 12.3 Å². The SMILES string of the molecule is O=C[C@H](OP(=O)(O)O)[C@@H](OP(=O)(O)OC[C@H]1O[C@@H](n2ccc(=O)[nH]c2=O)[C@H](O)[C@@H]1O)[C@H](O)[C@H](O)C(=O)O. The zero-order valence-electron chi connectivity index (χ0n) is 18.1. The van der Waals surface area contributed by atoms with Gasteiger partial charge in [-0.2, -0.15) is 0 Å². The number of carboxylic acid groups (broad SMARTS) is 1. The number of aromatic nitrogens is 2. The number of nitrogens with zero attached hydrogens (tertiary/aromatic N) is 1. The Kier molecular flexibility index (Phi) is 10.2. The highest BCUT2D eigenvalue weighted by Crippen LogP contribution is 2.48. The standard InChI is InChI=1S/C15H22N2O18P2/c18-3-5(34-36(27,28)29)12(9(21)11(23)14(24)25)35-37(30,31)32-4-6-8(20)10(22)13(33-6)17-2-1-7(19)16-15(17)26/h1-3,5-6,8-13,20-23H,4H2,(H,24,25)(H,30,31)(H,16,19,26)(H2,27,28,29)/t5-,6+,8+,9+,10+,11-,12+,13+/m0/s1. The number of carbonyl (C=O) groups is 2. The average molecular weight is 580 g/mol. The molecule has 2 heterocycles. The van der Waals surface area contributed by atoms with Gasteiger partial charge in [-0.25, -0.2) is 18.7 Å². The smallest absolute Gasteiger partial charge is 0.472 e. The van der Waals surface area contributed by atoms with Crippen LogP contribution in [0.5, 0.6) is 0 Å². The summed E-state index contributed by atoms with van der Waals surface area (Å²) in [6.45, 7) is -1.10. The number of phosphoric ester groups is 2. The highest BCUT2D eigenvalue weighted by molar-refractivity contribution is 7.47. The van der Waals surface area contributed by atoms with E-state index in [0.717, 1.165) is 12.3 Å². The first-order valence-corrected chi connectivity index (χ1v) is 12.8. The predicted octanol–water partition coefficient (Wildman–Crippen LogP) is -4.86. The summed E-state index contributed by atoms with van der Waals surface area (Å²) < 4.78 is 42.4. The number of nitrogens with one attached hydrogen (secondary N) is 1. The Labute approximate surface area is 204 Å². The fraction of sp³-hybridized carbons (Fsp3) is 0.600. The van der Waals surface area contributed by atoms with Crippen LogP contribution in [0.2, 0.25) is 0 Å². The zero-order valence-corrected chi connectivity index (χ0v) is 19.8. The van der Waals surface area contributed by atoms with Crippen molar-refractivity contribution < 1.29 is 77.2 Å². The maximum Gasteiger partial charge on any atom is 0.472 e. The van der Waals surface area contributed by atoms with Crippen LogP contribution in [-0.4, -0.2) is 111 Å². The number of aliphatic carboxylic acids is 1. The largest absolute Gasteiger partial charge is 0.479 e. The molecular weight excluding hydrogens is 558 g/mol. The first-order chi connectivity index (χ1) is 17.0. The summed E-state index contributed by atoms with van der Waals surface area (Å²) in [6.07, 6.45) is -17.4. The molecule has 0 amide bonds. The second kappa shape index (κ2) is 12.1. The van der Waals surface area contributed by atoms with Crippen LogP contribution in [0.15, 0.2) is 21.9 Å². The van der Waals surface area contributed by atoms with Crippen molar-refractivity contribution >= 4 is 27.9 Å². The molecule has 1 aromatic heterocycles. The van der Waals surface area contributed by atoms with Gasteiger partial charge < -0.3 is 49.7 Å². The first-order valence-electron chi connectivity index (χ1n) is 9.74. The van der Waals surface area contributed by atoms with Gasteiger partial charge in [0.05, 0.1) is 6.61 Å². The molecule has 0 radical (unpaired) electrons. The predicted molar refractivity (Wildman–Crippen MR) is 111 cm³/mol. The number of hydrogen-bond acceptors (Lipinski definition) is 14. The van der Waals surface area contributed by atoms with Crippen molar-refractivity contribution in [2.75, 3.05) is 6.61 Å². The molecule has 1 aliphatic rings. The number of rotatable bonds is 13. The molecule has 9 N–H and O–H groups in total. The fourth-order valence-corrected chi connectivity index (χ4v) is 4.47. The number of carbonyl (C=O) groups excluding carboxylic acids is 1. The van der Waals surface area contributed by atoms with E-state index in [1.165, 1.54) is 0 Å². The number of H-pyrrole nitrogens is 1. The Hall–Kier alpha value is -2.16. The highest BCUT2D eigenvalue weighted by Gasteiger charge is 2.47. The number of hydrogen-bond donors (Lipinski definition) is 9. The maximum absolute atomic E-state index is 12.4. The minimum atomic E-state index is -5.56. The van der Waals surface area contributed by atoms with Crippen LogP contribution in [0.3, 0.4) is 0 Å². The van der Waals surface area contributed by atoms with Crippen LogP contribution in [0, 0.1) is 0 Å². The third kappa shape index (κ3) is 8.16. The van der Waals surface area contributed by atoms with E-state index in [9.17, 15) is 53.6 Å². The molecule has 1 aliphatic heterocycles. The molecule has 1 unspecified atom stereocenters. The molecule has 210 valence electrons. The minimum absolute atomic E-state index is 0.436. The monoisotopic (exact) mass is 580 g/mol. The van der Waals surface area contributed by atoms with Gasteiger partial charge in [-0.15, -0.1) is 0 Å². The van der Waals surface area contributed by atoms with Crippen LogP contribution in [0.1, 0.15) is 6.23 Å². The van der Waals surface area contributed by atoms with E-state index in [-0.39, 0.29) is 0 Å². The molecule has 1 aromatic rings. The molecule has 9 atom stereocenters. The summed E-state index contributed by atoms with van der Waals surface area (Å²) in [5, 5.41) is 48.6. The molecule has 37 heavy (non-hydrogen) atoms. The fourth-order valence-electron chi connectivity index (χ4n) is 3.04. The van der Waals surface area contributed by atoms with E-state index < -0.39 is 94.7 Å². The van der Waals surface area contributed by atoms with Gasteiger partial charge in [0.25, 0.3) is 5.56 Å². The zero-order chi connectivity index (χ0) is 28.3. The van der Waals surface area contributed by atoms with Gasteiger partial charge in [-0.3, -0.25) is 27.9 Å². The third-order valence-corrected chi connectivity index (χ3v) is 6.25. The van der Waals surface area contributed by atoms with Gasteiger partial charge in [-0.05, 0) is 0 Å². The van der Waals surface area contributed by atoms with Crippen LogP contribution in [0.25, 0.3) is 0 Å². The molecule has 2 rings (SSSR count). The van der Waals surface area contributed by atoms with Gasteiger partial charge in [-0.1, -0.05) is 0 Å². The van der Waals surface area contributed by atoms with Crippen LogP contribution in [-0.2, 0) is 37.0 Å². The second-order valence-electron chi connectivity index (χ2n) is 7.37. The first kappa shape index (κ1) is 31.1. The lowest BCUT2D eigenvalue weighted by Gasteiger charge is -2.30. The summed E-state index contributed by atoms with van der Waals surface area (Å²) in [7, 11) is -11.1. The summed E-state index contributed by atoms with van der Waals surface area (Å²) in [6, 6.07) is 0.892. The molecule has 22 heteroatoms. The topological polar surface area (TPSA) is 322 Å². The number of ether oxygens (including phenoxy) is 1. The summed E-state index contributed by atoms with van der Waals surface area (Å²) in [4.78, 5) is 74.9. The number of aliphatic hydroxyl groups is 4. The molecule has 0 spiro atoms. The summed E-state index contributed by atoms with van der Waals surface area (Å²) in [5.74, 6) is -2.13. The molecule has 0 saturated carbocycles. The lowest BCUT2D eigenvalue weighted by molar-refractivity contribution is -0.162. The van der Waals surface area contributed by atoms with Crippen molar-refractivity contribution in [2.45, 2.75) is 49.0 Å². The Bertz CT molecular complexity index is 1180. The lowest BCUT2D eigenvalue weighted by Crippen LogP contribution is -2.49. The van der Waals surface area contributed by atoms with Crippen LogP contribution in [0.4, 0.5) is 0 Å². The van der Waals surface area contributed by atoms with Crippen molar-refractivity contribution in [3.8, 4) is 0 Å². The van der Waals surface area contributed by atoms with Gasteiger partial charge in [0.15, 0.2) is 24.7 Å². The number of phosphoric acid groups is 2. The van der Waals surface area contributed by atoms with E-state index in [2.05, 4.69) is 13.6 Å². The maximum atomic E-state index is 12.4. The number of carboxylic acids is 1. The highest BCUT2D eigenvalue weighted by atomic mass is 31.2. The van der Waals surface area contributed by atoms with Crippen LogP contribution >= 0.6 is 15.6 Å². The molecule has 0 aliphatic carbocycles. The van der Waals surface area contributed by atoms with Crippen molar-refractivity contribution in [3.63, 3.8) is 0 Å². The number of aliphatic hydroxyl groups excluding tert-OH is 4. The molecular formula is C15H22N2O18P2. The Balaban J connectivity index is 2.20.